The van der Waals surface area contributed by atoms with Gasteiger partial charge in [-0.15, -0.1) is 0 Å². The van der Waals surface area contributed by atoms with Crippen LogP contribution in [0.25, 0.3) is 22.1 Å². The number of aryl methyl sites for hydroxylation is 3. The van der Waals surface area contributed by atoms with Crippen molar-refractivity contribution < 1.29 is 9.21 Å². The first-order chi connectivity index (χ1) is 14.4. The van der Waals surface area contributed by atoms with E-state index in [0.29, 0.717) is 18.8 Å². The number of carbonyl (C=O) groups excluding carboxylic acids is 1. The van der Waals surface area contributed by atoms with E-state index in [9.17, 15) is 14.4 Å². The Morgan fingerprint density at radius 1 is 1.23 bits per heavy atom. The molecule has 0 aliphatic heterocycles. The molecule has 0 atom stereocenters. The second-order valence-electron chi connectivity index (χ2n) is 7.30. The van der Waals surface area contributed by atoms with Crippen molar-refractivity contribution in [2.45, 2.75) is 32.7 Å². The van der Waals surface area contributed by atoms with E-state index in [1.165, 1.54) is 11.6 Å². The Labute approximate surface area is 171 Å². The number of benzene rings is 1. The lowest BCUT2D eigenvalue weighted by Crippen LogP contribution is -2.28. The van der Waals surface area contributed by atoms with Crippen LogP contribution in [-0.2, 0) is 31.2 Å². The van der Waals surface area contributed by atoms with Crippen LogP contribution in [0.15, 0.2) is 38.3 Å². The zero-order chi connectivity index (χ0) is 21.4. The number of imidazole rings is 1. The van der Waals surface area contributed by atoms with Crippen LogP contribution in [0.1, 0.15) is 30.5 Å². The van der Waals surface area contributed by atoms with E-state index in [2.05, 4.69) is 15.0 Å². The minimum absolute atomic E-state index is 0.0504. The second-order valence-corrected chi connectivity index (χ2v) is 7.30. The highest BCUT2D eigenvalue weighted by Gasteiger charge is 2.18. The number of para-hydroxylation sites is 1. The summed E-state index contributed by atoms with van der Waals surface area (Å²) in [4.78, 5) is 47.5. The Kier molecular flexibility index (Phi) is 5.03. The van der Waals surface area contributed by atoms with Crippen LogP contribution < -0.4 is 11.2 Å². The molecule has 3 heterocycles. The van der Waals surface area contributed by atoms with E-state index in [1.54, 1.807) is 11.9 Å². The molecule has 4 rings (SSSR count). The van der Waals surface area contributed by atoms with Crippen LogP contribution in [-0.4, -0.2) is 37.4 Å². The number of furan rings is 1. The van der Waals surface area contributed by atoms with Gasteiger partial charge in [-0.1, -0.05) is 25.1 Å². The third-order valence-electron chi connectivity index (χ3n) is 5.30. The maximum Gasteiger partial charge on any atom is 0.329 e. The molecule has 0 aliphatic carbocycles. The summed E-state index contributed by atoms with van der Waals surface area (Å²) in [6.07, 6.45) is 1.30. The van der Waals surface area contributed by atoms with Crippen molar-refractivity contribution in [3.05, 3.63) is 62.3 Å². The van der Waals surface area contributed by atoms with Crippen molar-refractivity contribution in [3.8, 4) is 0 Å². The van der Waals surface area contributed by atoms with Gasteiger partial charge < -0.3 is 14.3 Å². The smallest absolute Gasteiger partial charge is 0.329 e. The molecule has 3 aromatic heterocycles. The van der Waals surface area contributed by atoms with Crippen molar-refractivity contribution in [3.63, 3.8) is 0 Å². The Morgan fingerprint density at radius 2 is 2.00 bits per heavy atom. The Bertz CT molecular complexity index is 1360. The fourth-order valence-electron chi connectivity index (χ4n) is 3.62. The number of carbonyl (C=O) groups is 1. The van der Waals surface area contributed by atoms with Crippen LogP contribution in [0.4, 0.5) is 0 Å². The topological polar surface area (TPSA) is 117 Å². The Balaban J connectivity index is 1.49. The molecule has 9 nitrogen and oxygen atoms in total. The molecular formula is C21H23N5O4. The van der Waals surface area contributed by atoms with E-state index in [0.717, 1.165) is 28.7 Å². The summed E-state index contributed by atoms with van der Waals surface area (Å²) in [5.41, 5.74) is 1.30. The van der Waals surface area contributed by atoms with Crippen LogP contribution in [0, 0.1) is 0 Å². The molecule has 156 valence electrons. The maximum absolute atomic E-state index is 12.7. The first kappa shape index (κ1) is 19.7. The number of fused-ring (bicyclic) bond motifs is 2. The number of H-pyrrole nitrogens is 2. The van der Waals surface area contributed by atoms with Gasteiger partial charge in [-0.05, 0) is 6.07 Å². The molecule has 0 saturated carbocycles. The quantitative estimate of drug-likeness (QED) is 0.504. The normalized spacial score (nSPS) is 11.4. The predicted octanol–water partition coefficient (Wildman–Crippen LogP) is 1.85. The van der Waals surface area contributed by atoms with Gasteiger partial charge in [0.1, 0.15) is 22.7 Å². The highest BCUT2D eigenvalue weighted by Crippen LogP contribution is 2.27. The average molecular weight is 409 g/mol. The lowest BCUT2D eigenvalue weighted by molar-refractivity contribution is -0.130. The predicted molar refractivity (Wildman–Crippen MR) is 112 cm³/mol. The molecule has 0 bridgehead atoms. The first-order valence-corrected chi connectivity index (χ1v) is 9.80. The molecule has 1 aromatic carbocycles. The van der Waals surface area contributed by atoms with E-state index in [4.69, 9.17) is 4.42 Å². The summed E-state index contributed by atoms with van der Waals surface area (Å²) in [5.74, 6) is 1.32. The molecule has 9 heteroatoms. The van der Waals surface area contributed by atoms with Gasteiger partial charge in [0.2, 0.25) is 5.91 Å². The third-order valence-corrected chi connectivity index (χ3v) is 5.30. The van der Waals surface area contributed by atoms with Crippen molar-refractivity contribution in [2.75, 3.05) is 7.05 Å². The number of hydrogen-bond donors (Lipinski definition) is 2. The van der Waals surface area contributed by atoms with Gasteiger partial charge in [0.15, 0.2) is 5.65 Å². The van der Waals surface area contributed by atoms with Gasteiger partial charge >= 0.3 is 5.69 Å². The molecule has 2 N–H and O–H groups in total. The second kappa shape index (κ2) is 7.66. The molecule has 0 radical (unpaired) electrons. The van der Waals surface area contributed by atoms with E-state index < -0.39 is 11.2 Å². The lowest BCUT2D eigenvalue weighted by Gasteiger charge is -2.17. The number of amides is 1. The van der Waals surface area contributed by atoms with Gasteiger partial charge in [-0.3, -0.25) is 19.1 Å². The number of nitrogens with zero attached hydrogens (tertiary/aromatic N) is 3. The molecule has 4 aromatic rings. The number of hydrogen-bond acceptors (Lipinski definition) is 5. The molecule has 0 spiro atoms. The van der Waals surface area contributed by atoms with Crippen molar-refractivity contribution in [1.29, 1.82) is 0 Å². The van der Waals surface area contributed by atoms with Crippen LogP contribution >= 0.6 is 0 Å². The Morgan fingerprint density at radius 3 is 2.77 bits per heavy atom. The fraction of sp³-hybridized carbons (Fsp3) is 0.333. The van der Waals surface area contributed by atoms with Gasteiger partial charge in [0.25, 0.3) is 5.56 Å². The standard InChI is InChI=1S/C21H23N5O4/c1-4-14-13(12-7-5-6-8-15(12)30-14)11-25(2)17(27)10-9-16-22-18-19(23-16)26(3)21(29)24-20(18)28/h5-8H,4,9-11H2,1-3H3,(H,22,23)(H,24,28,29). The zero-order valence-electron chi connectivity index (χ0n) is 17.1. The summed E-state index contributed by atoms with van der Waals surface area (Å²) < 4.78 is 7.18. The molecular weight excluding hydrogens is 386 g/mol. The van der Waals surface area contributed by atoms with Crippen molar-refractivity contribution in [2.24, 2.45) is 7.05 Å². The summed E-state index contributed by atoms with van der Waals surface area (Å²) in [7, 11) is 3.29. The van der Waals surface area contributed by atoms with E-state index in [1.807, 2.05) is 31.2 Å². The molecule has 0 aliphatic rings. The number of aromatic nitrogens is 4. The highest BCUT2D eigenvalue weighted by atomic mass is 16.3. The average Bonchev–Trinajstić information content (AvgIpc) is 3.32. The first-order valence-electron chi connectivity index (χ1n) is 9.80. The van der Waals surface area contributed by atoms with Crippen LogP contribution in [0.2, 0.25) is 0 Å². The zero-order valence-corrected chi connectivity index (χ0v) is 17.1. The third kappa shape index (κ3) is 3.42. The summed E-state index contributed by atoms with van der Waals surface area (Å²) in [5, 5.41) is 1.02. The molecule has 0 unspecified atom stereocenters. The lowest BCUT2D eigenvalue weighted by atomic mass is 10.1. The summed E-state index contributed by atoms with van der Waals surface area (Å²) in [6.45, 7) is 2.48. The SMILES string of the molecule is CCc1oc2ccccc2c1CN(C)C(=O)CCc1nc2c([nH]1)c(=O)[nH]c(=O)n2C. The fourth-order valence-corrected chi connectivity index (χ4v) is 3.62. The highest BCUT2D eigenvalue weighted by molar-refractivity contribution is 5.83. The Hall–Kier alpha value is -3.62. The number of nitrogens with one attached hydrogen (secondary N) is 2. The summed E-state index contributed by atoms with van der Waals surface area (Å²) in [6, 6.07) is 7.82. The van der Waals surface area contributed by atoms with Gasteiger partial charge in [0, 0.05) is 50.9 Å². The number of aromatic amines is 2. The largest absolute Gasteiger partial charge is 0.461 e. The number of rotatable bonds is 6. The van der Waals surface area contributed by atoms with Crippen molar-refractivity contribution in [1.82, 2.24) is 24.4 Å². The van der Waals surface area contributed by atoms with E-state index >= 15 is 0 Å². The molecule has 0 fully saturated rings. The van der Waals surface area contributed by atoms with Crippen LogP contribution in [0.5, 0.6) is 0 Å². The van der Waals surface area contributed by atoms with Gasteiger partial charge in [-0.25, -0.2) is 9.78 Å². The summed E-state index contributed by atoms with van der Waals surface area (Å²) >= 11 is 0. The molecule has 30 heavy (non-hydrogen) atoms. The minimum Gasteiger partial charge on any atom is -0.461 e. The van der Waals surface area contributed by atoms with E-state index in [-0.39, 0.29) is 23.5 Å². The molecule has 1 amide bonds. The minimum atomic E-state index is -0.527. The van der Waals surface area contributed by atoms with Gasteiger partial charge in [-0.2, -0.15) is 0 Å². The van der Waals surface area contributed by atoms with Crippen LogP contribution in [0.3, 0.4) is 0 Å². The van der Waals surface area contributed by atoms with Gasteiger partial charge in [0.05, 0.1) is 0 Å². The monoisotopic (exact) mass is 409 g/mol. The van der Waals surface area contributed by atoms with Crippen molar-refractivity contribution >= 4 is 28.0 Å². The maximum atomic E-state index is 12.7. The molecule has 0 saturated heterocycles.